The van der Waals surface area contributed by atoms with E-state index in [1.54, 1.807) is 38.3 Å². The number of carbonyl (C=O) groups is 2. The van der Waals surface area contributed by atoms with Gasteiger partial charge >= 0.3 is 6.03 Å². The molecular weight excluding hydrogens is 398 g/mol. The van der Waals surface area contributed by atoms with Gasteiger partial charge in [0.2, 0.25) is 0 Å². The minimum absolute atomic E-state index is 0.284. The predicted molar refractivity (Wildman–Crippen MR) is 103 cm³/mol. The number of benzene rings is 2. The van der Waals surface area contributed by atoms with Crippen molar-refractivity contribution in [3.8, 4) is 5.75 Å². The number of urea groups is 1. The number of methoxy groups -OCH3 is 1. The first-order chi connectivity index (χ1) is 12.5. The van der Waals surface area contributed by atoms with Crippen LogP contribution in [0.2, 0.25) is 0 Å². The van der Waals surface area contributed by atoms with Gasteiger partial charge in [0.05, 0.1) is 18.7 Å². The zero-order valence-electron chi connectivity index (χ0n) is 14.3. The van der Waals surface area contributed by atoms with E-state index in [-0.39, 0.29) is 11.9 Å². The largest absolute Gasteiger partial charge is 0.497 e. The molecule has 0 unspecified atom stereocenters. The Morgan fingerprint density at radius 2 is 1.77 bits per heavy atom. The van der Waals surface area contributed by atoms with Crippen LogP contribution < -0.4 is 20.7 Å². The summed E-state index contributed by atoms with van der Waals surface area (Å²) >= 11 is 3.39. The quantitative estimate of drug-likeness (QED) is 0.711. The molecule has 0 bridgehead atoms. The third kappa shape index (κ3) is 3.88. The summed E-state index contributed by atoms with van der Waals surface area (Å²) < 4.78 is 6.04. The lowest BCUT2D eigenvalue weighted by Gasteiger charge is -2.28. The van der Waals surface area contributed by atoms with E-state index in [4.69, 9.17) is 4.74 Å². The van der Waals surface area contributed by atoms with Crippen molar-refractivity contribution in [2.24, 2.45) is 0 Å². The first-order valence-corrected chi connectivity index (χ1v) is 8.76. The van der Waals surface area contributed by atoms with E-state index in [2.05, 4.69) is 31.9 Å². The number of amides is 3. The van der Waals surface area contributed by atoms with Crippen LogP contribution in [0.4, 0.5) is 10.5 Å². The van der Waals surface area contributed by atoms with Crippen LogP contribution in [0.5, 0.6) is 5.75 Å². The first-order valence-electron chi connectivity index (χ1n) is 7.97. The molecule has 3 rings (SSSR count). The molecule has 1 atom stereocenters. The maximum absolute atomic E-state index is 12.9. The number of hydrogen-bond donors (Lipinski definition) is 3. The zero-order chi connectivity index (χ0) is 18.7. The molecule has 134 valence electrons. The topological polar surface area (TPSA) is 79.5 Å². The molecule has 0 saturated heterocycles. The molecule has 0 saturated carbocycles. The Morgan fingerprint density at radius 1 is 1.12 bits per heavy atom. The summed E-state index contributed by atoms with van der Waals surface area (Å²) in [6, 6.07) is 13.7. The van der Waals surface area contributed by atoms with E-state index >= 15 is 0 Å². The van der Waals surface area contributed by atoms with Gasteiger partial charge in [-0.3, -0.25) is 4.79 Å². The molecule has 26 heavy (non-hydrogen) atoms. The molecule has 1 aliphatic rings. The van der Waals surface area contributed by atoms with Crippen molar-refractivity contribution in [1.29, 1.82) is 0 Å². The van der Waals surface area contributed by atoms with Crippen LogP contribution in [0.3, 0.4) is 0 Å². The van der Waals surface area contributed by atoms with Crippen LogP contribution >= 0.6 is 15.9 Å². The van der Waals surface area contributed by atoms with Gasteiger partial charge in [0.1, 0.15) is 5.75 Å². The first kappa shape index (κ1) is 18.0. The smallest absolute Gasteiger partial charge is 0.319 e. The van der Waals surface area contributed by atoms with Gasteiger partial charge in [-0.25, -0.2) is 4.79 Å². The van der Waals surface area contributed by atoms with Crippen LogP contribution in [-0.2, 0) is 4.79 Å². The second-order valence-corrected chi connectivity index (χ2v) is 6.72. The highest BCUT2D eigenvalue weighted by Gasteiger charge is 2.31. The minimum Gasteiger partial charge on any atom is -0.497 e. The van der Waals surface area contributed by atoms with Gasteiger partial charge in [0.15, 0.2) is 0 Å². The highest BCUT2D eigenvalue weighted by Crippen LogP contribution is 2.29. The van der Waals surface area contributed by atoms with Gasteiger partial charge in [0, 0.05) is 15.9 Å². The van der Waals surface area contributed by atoms with Gasteiger partial charge in [-0.05, 0) is 48.9 Å². The van der Waals surface area contributed by atoms with E-state index in [9.17, 15) is 9.59 Å². The molecule has 2 aromatic carbocycles. The van der Waals surface area contributed by atoms with Gasteiger partial charge in [-0.15, -0.1) is 0 Å². The fourth-order valence-corrected chi connectivity index (χ4v) is 3.04. The van der Waals surface area contributed by atoms with Crippen LogP contribution in [0.25, 0.3) is 0 Å². The average molecular weight is 416 g/mol. The normalized spacial score (nSPS) is 16.6. The Labute approximate surface area is 159 Å². The highest BCUT2D eigenvalue weighted by molar-refractivity contribution is 9.10. The molecule has 0 spiro atoms. The van der Waals surface area contributed by atoms with Gasteiger partial charge in [-0.2, -0.15) is 0 Å². The summed E-state index contributed by atoms with van der Waals surface area (Å²) in [5.41, 5.74) is 2.44. The predicted octanol–water partition coefficient (Wildman–Crippen LogP) is 3.72. The van der Waals surface area contributed by atoms with Crippen molar-refractivity contribution in [2.45, 2.75) is 13.0 Å². The molecule has 2 aromatic rings. The fourth-order valence-electron chi connectivity index (χ4n) is 2.77. The summed E-state index contributed by atoms with van der Waals surface area (Å²) in [7, 11) is 1.58. The second kappa shape index (κ2) is 7.61. The molecule has 0 radical (unpaired) electrons. The van der Waals surface area contributed by atoms with Crippen molar-refractivity contribution in [2.75, 3.05) is 12.4 Å². The number of nitrogens with one attached hydrogen (secondary N) is 3. The Hall–Kier alpha value is -2.80. The maximum atomic E-state index is 12.9. The number of hydrogen-bond acceptors (Lipinski definition) is 3. The van der Waals surface area contributed by atoms with Crippen LogP contribution in [0, 0.1) is 0 Å². The van der Waals surface area contributed by atoms with Crippen molar-refractivity contribution in [3.63, 3.8) is 0 Å². The Morgan fingerprint density at radius 3 is 2.38 bits per heavy atom. The monoisotopic (exact) mass is 415 g/mol. The molecule has 3 N–H and O–H groups in total. The van der Waals surface area contributed by atoms with Crippen molar-refractivity contribution >= 4 is 33.6 Å². The lowest BCUT2D eigenvalue weighted by atomic mass is 9.95. The Bertz CT molecular complexity index is 861. The number of carbonyl (C=O) groups excluding carboxylic acids is 2. The fraction of sp³-hybridized carbons (Fsp3) is 0.158. The number of halogens is 1. The van der Waals surface area contributed by atoms with Crippen LogP contribution in [0.1, 0.15) is 18.5 Å². The SMILES string of the molecule is COc1ccc(NC(=O)C2=C(C)NC(=O)N[C@@H]2c2ccc(Br)cc2)cc1. The maximum Gasteiger partial charge on any atom is 0.319 e. The summed E-state index contributed by atoms with van der Waals surface area (Å²) in [5, 5.41) is 8.34. The summed E-state index contributed by atoms with van der Waals surface area (Å²) in [5.74, 6) is 0.422. The van der Waals surface area contributed by atoms with E-state index in [0.717, 1.165) is 10.0 Å². The Kier molecular flexibility index (Phi) is 5.27. The molecule has 7 heteroatoms. The third-order valence-electron chi connectivity index (χ3n) is 4.06. The summed E-state index contributed by atoms with van der Waals surface area (Å²) in [4.78, 5) is 24.8. The van der Waals surface area contributed by atoms with Crippen LogP contribution in [0.15, 0.2) is 64.3 Å². The average Bonchev–Trinajstić information content (AvgIpc) is 2.62. The summed E-state index contributed by atoms with van der Waals surface area (Å²) in [6.07, 6.45) is 0. The number of rotatable bonds is 4. The van der Waals surface area contributed by atoms with E-state index in [1.807, 2.05) is 24.3 Å². The second-order valence-electron chi connectivity index (χ2n) is 5.80. The molecule has 1 aliphatic heterocycles. The van der Waals surface area contributed by atoms with Crippen molar-refractivity contribution in [3.05, 3.63) is 69.8 Å². The molecule has 0 aromatic heterocycles. The van der Waals surface area contributed by atoms with Crippen molar-refractivity contribution < 1.29 is 14.3 Å². The van der Waals surface area contributed by atoms with Gasteiger partial charge in [0.25, 0.3) is 5.91 Å². The van der Waals surface area contributed by atoms with E-state index in [0.29, 0.717) is 22.7 Å². The molecule has 1 heterocycles. The summed E-state index contributed by atoms with van der Waals surface area (Å²) in [6.45, 7) is 1.72. The lowest BCUT2D eigenvalue weighted by molar-refractivity contribution is -0.113. The highest BCUT2D eigenvalue weighted by atomic mass is 79.9. The van der Waals surface area contributed by atoms with E-state index in [1.165, 1.54) is 0 Å². The van der Waals surface area contributed by atoms with Crippen molar-refractivity contribution in [1.82, 2.24) is 10.6 Å². The number of ether oxygens (including phenoxy) is 1. The lowest BCUT2D eigenvalue weighted by Crippen LogP contribution is -2.45. The Balaban J connectivity index is 1.89. The molecule has 0 fully saturated rings. The van der Waals surface area contributed by atoms with Gasteiger partial charge in [-0.1, -0.05) is 28.1 Å². The standard InChI is InChI=1S/C19H18BrN3O3/c1-11-16(18(24)22-14-7-9-15(26-2)10-8-14)17(23-19(25)21-11)12-3-5-13(20)6-4-12/h3-10,17H,1-2H3,(H,22,24)(H2,21,23,25)/t17-/m1/s1. The minimum atomic E-state index is -0.532. The van der Waals surface area contributed by atoms with Gasteiger partial charge < -0.3 is 20.7 Å². The molecule has 3 amide bonds. The number of allylic oxidation sites excluding steroid dienone is 1. The van der Waals surface area contributed by atoms with E-state index < -0.39 is 6.04 Å². The zero-order valence-corrected chi connectivity index (χ0v) is 15.9. The molecular formula is C19H18BrN3O3. The molecule has 6 nitrogen and oxygen atoms in total. The van der Waals surface area contributed by atoms with Crippen LogP contribution in [-0.4, -0.2) is 19.0 Å². The number of anilines is 1. The third-order valence-corrected chi connectivity index (χ3v) is 4.59. The molecule has 0 aliphatic carbocycles.